The lowest BCUT2D eigenvalue weighted by Gasteiger charge is -1.99. The van der Waals surface area contributed by atoms with Crippen molar-refractivity contribution in [2.75, 3.05) is 7.11 Å². The first-order valence-corrected chi connectivity index (χ1v) is 4.79. The standard InChI is InChI=1S/C7H7Cl2NO.C2H6/c1-11-4-5-2-6(8)10-7(9)3-5;1-2/h2-3H,4H2,1H3;1-2H3. The zero-order valence-corrected chi connectivity index (χ0v) is 9.49. The Hall–Kier alpha value is -0.310. The largest absolute Gasteiger partial charge is 0.380 e. The van der Waals surface area contributed by atoms with Crippen molar-refractivity contribution in [3.8, 4) is 0 Å². The number of rotatable bonds is 2. The molecule has 13 heavy (non-hydrogen) atoms. The predicted molar refractivity (Wildman–Crippen MR) is 56.3 cm³/mol. The van der Waals surface area contributed by atoms with Gasteiger partial charge in [0.15, 0.2) is 0 Å². The first-order chi connectivity index (χ1) is 6.22. The Bertz CT molecular complexity index is 233. The molecule has 2 nitrogen and oxygen atoms in total. The molecule has 0 aromatic carbocycles. The summed E-state index contributed by atoms with van der Waals surface area (Å²) in [5.41, 5.74) is 0.928. The molecule has 0 radical (unpaired) electrons. The number of halogens is 2. The van der Waals surface area contributed by atoms with Crippen LogP contribution in [0.2, 0.25) is 10.3 Å². The van der Waals surface area contributed by atoms with Crippen LogP contribution in [0.4, 0.5) is 0 Å². The second kappa shape index (κ2) is 7.13. The number of ether oxygens (including phenoxy) is 1. The zero-order chi connectivity index (χ0) is 10.3. The number of pyridine rings is 1. The first-order valence-electron chi connectivity index (χ1n) is 4.03. The van der Waals surface area contributed by atoms with Crippen molar-refractivity contribution in [2.45, 2.75) is 20.5 Å². The molecule has 0 bridgehead atoms. The van der Waals surface area contributed by atoms with E-state index in [4.69, 9.17) is 27.9 Å². The monoisotopic (exact) mass is 221 g/mol. The molecule has 0 aliphatic carbocycles. The van der Waals surface area contributed by atoms with Gasteiger partial charge in [0.05, 0.1) is 6.61 Å². The molecule has 0 amide bonds. The highest BCUT2D eigenvalue weighted by Gasteiger charge is 1.97. The van der Waals surface area contributed by atoms with E-state index in [9.17, 15) is 0 Å². The maximum absolute atomic E-state index is 5.63. The Kier molecular flexibility index (Phi) is 6.96. The molecule has 0 unspecified atom stereocenters. The smallest absolute Gasteiger partial charge is 0.131 e. The molecule has 4 heteroatoms. The van der Waals surface area contributed by atoms with Gasteiger partial charge in [-0.05, 0) is 17.7 Å². The van der Waals surface area contributed by atoms with Gasteiger partial charge in [0.1, 0.15) is 10.3 Å². The van der Waals surface area contributed by atoms with Gasteiger partial charge in [-0.25, -0.2) is 4.98 Å². The highest BCUT2D eigenvalue weighted by molar-refractivity contribution is 6.32. The van der Waals surface area contributed by atoms with Crippen LogP contribution in [-0.4, -0.2) is 12.1 Å². The Labute approximate surface area is 88.8 Å². The van der Waals surface area contributed by atoms with E-state index in [1.54, 1.807) is 19.2 Å². The van der Waals surface area contributed by atoms with Crippen LogP contribution in [0.5, 0.6) is 0 Å². The van der Waals surface area contributed by atoms with E-state index in [1.165, 1.54) is 0 Å². The van der Waals surface area contributed by atoms with Gasteiger partial charge in [-0.3, -0.25) is 0 Å². The molecule has 0 atom stereocenters. The fraction of sp³-hybridized carbons (Fsp3) is 0.444. The van der Waals surface area contributed by atoms with Crippen molar-refractivity contribution < 1.29 is 4.74 Å². The van der Waals surface area contributed by atoms with Crippen LogP contribution >= 0.6 is 23.2 Å². The first kappa shape index (κ1) is 12.7. The SMILES string of the molecule is CC.COCc1cc(Cl)nc(Cl)c1. The van der Waals surface area contributed by atoms with Crippen molar-refractivity contribution in [1.29, 1.82) is 0 Å². The lowest BCUT2D eigenvalue weighted by atomic mass is 10.3. The van der Waals surface area contributed by atoms with Gasteiger partial charge in [-0.1, -0.05) is 37.0 Å². The molecular formula is C9H13Cl2NO. The Balaban J connectivity index is 0.000000671. The fourth-order valence-electron chi connectivity index (χ4n) is 0.764. The molecule has 1 aromatic rings. The lowest BCUT2D eigenvalue weighted by molar-refractivity contribution is 0.185. The maximum Gasteiger partial charge on any atom is 0.131 e. The lowest BCUT2D eigenvalue weighted by Crippen LogP contribution is -1.88. The van der Waals surface area contributed by atoms with Crippen molar-refractivity contribution in [3.05, 3.63) is 28.0 Å². The number of aromatic nitrogens is 1. The van der Waals surface area contributed by atoms with Gasteiger partial charge in [0.25, 0.3) is 0 Å². The second-order valence-electron chi connectivity index (χ2n) is 2.05. The van der Waals surface area contributed by atoms with E-state index >= 15 is 0 Å². The summed E-state index contributed by atoms with van der Waals surface area (Å²) in [5, 5.41) is 0.786. The molecule has 0 aliphatic heterocycles. The summed E-state index contributed by atoms with van der Waals surface area (Å²) in [6.07, 6.45) is 0. The molecule has 1 heterocycles. The average molecular weight is 222 g/mol. The normalized spacial score (nSPS) is 9.00. The highest BCUT2D eigenvalue weighted by Crippen LogP contribution is 2.14. The maximum atomic E-state index is 5.63. The van der Waals surface area contributed by atoms with Gasteiger partial charge in [-0.15, -0.1) is 0 Å². The summed E-state index contributed by atoms with van der Waals surface area (Å²) in [4.78, 5) is 3.79. The fourth-order valence-corrected chi connectivity index (χ4v) is 1.27. The molecule has 74 valence electrons. The van der Waals surface area contributed by atoms with E-state index in [0.29, 0.717) is 16.9 Å². The summed E-state index contributed by atoms with van der Waals surface area (Å²) in [6, 6.07) is 3.44. The minimum Gasteiger partial charge on any atom is -0.380 e. The minimum absolute atomic E-state index is 0.393. The molecule has 0 N–H and O–H groups in total. The summed E-state index contributed by atoms with van der Waals surface area (Å²) < 4.78 is 4.89. The summed E-state index contributed by atoms with van der Waals surface area (Å²) in [5.74, 6) is 0. The Morgan fingerprint density at radius 1 is 1.23 bits per heavy atom. The van der Waals surface area contributed by atoms with E-state index in [2.05, 4.69) is 4.98 Å². The van der Waals surface area contributed by atoms with Gasteiger partial charge in [-0.2, -0.15) is 0 Å². The van der Waals surface area contributed by atoms with E-state index in [0.717, 1.165) is 5.56 Å². The molecule has 0 spiro atoms. The van der Waals surface area contributed by atoms with Crippen molar-refractivity contribution in [1.82, 2.24) is 4.98 Å². The zero-order valence-electron chi connectivity index (χ0n) is 7.97. The van der Waals surface area contributed by atoms with Crippen LogP contribution in [0.25, 0.3) is 0 Å². The number of methoxy groups -OCH3 is 1. The molecular weight excluding hydrogens is 209 g/mol. The molecule has 0 saturated heterocycles. The van der Waals surface area contributed by atoms with E-state index in [1.807, 2.05) is 13.8 Å². The molecule has 1 rings (SSSR count). The Morgan fingerprint density at radius 3 is 2.08 bits per heavy atom. The van der Waals surface area contributed by atoms with Crippen LogP contribution < -0.4 is 0 Å². The Morgan fingerprint density at radius 2 is 1.69 bits per heavy atom. The third kappa shape index (κ3) is 5.09. The van der Waals surface area contributed by atoms with Crippen molar-refractivity contribution >= 4 is 23.2 Å². The van der Waals surface area contributed by atoms with Gasteiger partial charge in [0.2, 0.25) is 0 Å². The van der Waals surface area contributed by atoms with E-state index < -0.39 is 0 Å². The van der Waals surface area contributed by atoms with Crippen molar-refractivity contribution in [2.24, 2.45) is 0 Å². The number of hydrogen-bond donors (Lipinski definition) is 0. The third-order valence-electron chi connectivity index (χ3n) is 1.13. The second-order valence-corrected chi connectivity index (χ2v) is 2.83. The van der Waals surface area contributed by atoms with Crippen LogP contribution in [0.15, 0.2) is 12.1 Å². The minimum atomic E-state index is 0.393. The molecule has 0 saturated carbocycles. The predicted octanol–water partition coefficient (Wildman–Crippen LogP) is 3.56. The summed E-state index contributed by atoms with van der Waals surface area (Å²) >= 11 is 11.3. The van der Waals surface area contributed by atoms with E-state index in [-0.39, 0.29) is 0 Å². The number of hydrogen-bond acceptors (Lipinski definition) is 2. The van der Waals surface area contributed by atoms with Gasteiger partial charge in [0, 0.05) is 7.11 Å². The number of nitrogens with zero attached hydrogens (tertiary/aromatic N) is 1. The summed E-state index contributed by atoms with van der Waals surface area (Å²) in [6.45, 7) is 4.50. The van der Waals surface area contributed by atoms with Crippen LogP contribution in [-0.2, 0) is 11.3 Å². The van der Waals surface area contributed by atoms with Gasteiger partial charge >= 0.3 is 0 Å². The molecule has 1 aromatic heterocycles. The van der Waals surface area contributed by atoms with Crippen LogP contribution in [0.3, 0.4) is 0 Å². The highest BCUT2D eigenvalue weighted by atomic mass is 35.5. The quantitative estimate of drug-likeness (QED) is 0.713. The van der Waals surface area contributed by atoms with Crippen molar-refractivity contribution in [3.63, 3.8) is 0 Å². The molecule has 0 aliphatic rings. The topological polar surface area (TPSA) is 22.1 Å². The van der Waals surface area contributed by atoms with Gasteiger partial charge < -0.3 is 4.74 Å². The third-order valence-corrected chi connectivity index (χ3v) is 1.52. The molecule has 0 fully saturated rings. The summed E-state index contributed by atoms with van der Waals surface area (Å²) in [7, 11) is 1.61. The average Bonchev–Trinajstić information content (AvgIpc) is 2.06. The van der Waals surface area contributed by atoms with Crippen LogP contribution in [0, 0.1) is 0 Å². The van der Waals surface area contributed by atoms with Crippen LogP contribution in [0.1, 0.15) is 19.4 Å².